The molecule has 0 aliphatic carbocycles. The third-order valence-electron chi connectivity index (χ3n) is 1.92. The summed E-state index contributed by atoms with van der Waals surface area (Å²) in [5, 5.41) is 0. The topological polar surface area (TPSA) is 61.8 Å². The third-order valence-corrected chi connectivity index (χ3v) is 3.21. The molecule has 0 bridgehead atoms. The number of ether oxygens (including phenoxy) is 2. The highest BCUT2D eigenvalue weighted by molar-refractivity contribution is 7.86. The van der Waals surface area contributed by atoms with Gasteiger partial charge < -0.3 is 9.47 Å². The highest BCUT2D eigenvalue weighted by Gasteiger charge is 2.12. The lowest BCUT2D eigenvalue weighted by Gasteiger charge is -2.06. The summed E-state index contributed by atoms with van der Waals surface area (Å²) in [5.74, 6) is 0.563. The van der Waals surface area contributed by atoms with E-state index in [2.05, 4.69) is 10.8 Å². The molecule has 0 aliphatic heterocycles. The first-order valence-corrected chi connectivity index (χ1v) is 6.27. The van der Waals surface area contributed by atoms with Crippen LogP contribution in [0.1, 0.15) is 0 Å². The van der Waals surface area contributed by atoms with Crippen molar-refractivity contribution in [2.24, 2.45) is 0 Å². The van der Waals surface area contributed by atoms with Crippen LogP contribution in [0.4, 0.5) is 0 Å². The molecule has 0 heterocycles. The van der Waals surface area contributed by atoms with E-state index in [0.717, 1.165) is 7.11 Å². The zero-order chi connectivity index (χ0) is 12.7. The van der Waals surface area contributed by atoms with Crippen molar-refractivity contribution in [1.29, 1.82) is 0 Å². The lowest BCUT2D eigenvalue weighted by molar-refractivity contribution is 0.179. The Bertz CT molecular complexity index is 449. The molecule has 5 nitrogen and oxygen atoms in total. The predicted molar refractivity (Wildman–Crippen MR) is 62.3 cm³/mol. The van der Waals surface area contributed by atoms with Crippen molar-refractivity contribution < 1.29 is 22.1 Å². The normalized spacial score (nSPS) is 10.9. The van der Waals surface area contributed by atoms with E-state index in [1.165, 1.54) is 18.4 Å². The third kappa shape index (κ3) is 4.08. The molecular weight excluding hydrogens is 244 g/mol. The van der Waals surface area contributed by atoms with Crippen LogP contribution in [0.5, 0.6) is 5.75 Å². The highest BCUT2D eigenvalue weighted by atomic mass is 32.2. The molecule has 0 saturated carbocycles. The second-order valence-corrected chi connectivity index (χ2v) is 4.69. The Morgan fingerprint density at radius 1 is 1.24 bits per heavy atom. The van der Waals surface area contributed by atoms with Gasteiger partial charge in [-0.2, -0.15) is 8.42 Å². The van der Waals surface area contributed by atoms with E-state index in [1.807, 2.05) is 0 Å². The molecule has 0 aliphatic rings. The maximum absolute atomic E-state index is 11.3. The number of rotatable bonds is 7. The molecule has 0 amide bonds. The smallest absolute Gasteiger partial charge is 0.296 e. The summed E-state index contributed by atoms with van der Waals surface area (Å²) in [7, 11) is -2.52. The quantitative estimate of drug-likeness (QED) is 0.422. The van der Waals surface area contributed by atoms with Crippen molar-refractivity contribution in [2.75, 3.05) is 20.3 Å². The van der Waals surface area contributed by atoms with Crippen molar-refractivity contribution in [1.82, 2.24) is 0 Å². The molecule has 0 atom stereocenters. The van der Waals surface area contributed by atoms with Crippen LogP contribution in [0, 0.1) is 0 Å². The molecule has 0 fully saturated rings. The van der Waals surface area contributed by atoms with Gasteiger partial charge in [0.1, 0.15) is 19.0 Å². The Balaban J connectivity index is 2.59. The standard InChI is InChI=1S/C11H14O5S/c1-3-15-8-9-16-10-4-6-11(7-5-10)17(12,13)14-2/h3-7H,1,8-9H2,2H3. The summed E-state index contributed by atoms with van der Waals surface area (Å²) in [6, 6.07) is 5.95. The van der Waals surface area contributed by atoms with E-state index < -0.39 is 10.1 Å². The Labute approximate surface area is 101 Å². The lowest BCUT2D eigenvalue weighted by atomic mass is 10.3. The van der Waals surface area contributed by atoms with Crippen molar-refractivity contribution in [3.8, 4) is 5.75 Å². The molecule has 0 radical (unpaired) electrons. The lowest BCUT2D eigenvalue weighted by Crippen LogP contribution is -2.05. The monoisotopic (exact) mass is 258 g/mol. The first-order valence-electron chi connectivity index (χ1n) is 4.86. The van der Waals surface area contributed by atoms with Gasteiger partial charge in [0.25, 0.3) is 10.1 Å². The van der Waals surface area contributed by atoms with Crippen molar-refractivity contribution in [2.45, 2.75) is 4.90 Å². The van der Waals surface area contributed by atoms with E-state index >= 15 is 0 Å². The Kier molecular flexibility index (Phi) is 4.99. The van der Waals surface area contributed by atoms with Crippen molar-refractivity contribution in [3.05, 3.63) is 37.1 Å². The molecule has 0 unspecified atom stereocenters. The molecule has 1 aromatic carbocycles. The summed E-state index contributed by atoms with van der Waals surface area (Å²) < 4.78 is 37.2. The van der Waals surface area contributed by atoms with Gasteiger partial charge in [0.05, 0.1) is 18.3 Å². The molecular formula is C11H14O5S. The van der Waals surface area contributed by atoms with Gasteiger partial charge in [-0.25, -0.2) is 0 Å². The molecule has 17 heavy (non-hydrogen) atoms. The van der Waals surface area contributed by atoms with Gasteiger partial charge in [0, 0.05) is 0 Å². The van der Waals surface area contributed by atoms with Crippen LogP contribution in [0.25, 0.3) is 0 Å². The first kappa shape index (κ1) is 13.5. The minimum absolute atomic E-state index is 0.0923. The summed E-state index contributed by atoms with van der Waals surface area (Å²) in [6.45, 7) is 4.15. The molecule has 1 aromatic rings. The molecule has 0 N–H and O–H groups in total. The van der Waals surface area contributed by atoms with Crippen LogP contribution in [0.3, 0.4) is 0 Å². The second-order valence-electron chi connectivity index (χ2n) is 2.98. The first-order chi connectivity index (χ1) is 8.10. The summed E-state index contributed by atoms with van der Waals surface area (Å²) in [4.78, 5) is 0.0923. The molecule has 6 heteroatoms. The summed E-state index contributed by atoms with van der Waals surface area (Å²) >= 11 is 0. The maximum atomic E-state index is 11.3. The minimum Gasteiger partial charge on any atom is -0.498 e. The second kappa shape index (κ2) is 6.27. The van der Waals surface area contributed by atoms with E-state index in [-0.39, 0.29) is 4.90 Å². The van der Waals surface area contributed by atoms with Crippen LogP contribution >= 0.6 is 0 Å². The Morgan fingerprint density at radius 3 is 2.41 bits per heavy atom. The fourth-order valence-electron chi connectivity index (χ4n) is 1.09. The summed E-state index contributed by atoms with van der Waals surface area (Å²) in [6.07, 6.45) is 1.33. The van der Waals surface area contributed by atoms with E-state index in [9.17, 15) is 8.42 Å². The predicted octanol–water partition coefficient (Wildman–Crippen LogP) is 1.56. The summed E-state index contributed by atoms with van der Waals surface area (Å²) in [5.41, 5.74) is 0. The van der Waals surface area contributed by atoms with Gasteiger partial charge in [-0.05, 0) is 24.3 Å². The van der Waals surface area contributed by atoms with Crippen molar-refractivity contribution >= 4 is 10.1 Å². The van der Waals surface area contributed by atoms with Crippen LogP contribution in [0.2, 0.25) is 0 Å². The average molecular weight is 258 g/mol. The number of hydrogen-bond donors (Lipinski definition) is 0. The van der Waals surface area contributed by atoms with Gasteiger partial charge in [-0.3, -0.25) is 4.18 Å². The fraction of sp³-hybridized carbons (Fsp3) is 0.273. The van der Waals surface area contributed by atoms with Gasteiger partial charge in [0.2, 0.25) is 0 Å². The zero-order valence-electron chi connectivity index (χ0n) is 9.46. The SMILES string of the molecule is C=COCCOc1ccc(S(=O)(=O)OC)cc1. The van der Waals surface area contributed by atoms with E-state index in [4.69, 9.17) is 9.47 Å². The van der Waals surface area contributed by atoms with Gasteiger partial charge >= 0.3 is 0 Å². The van der Waals surface area contributed by atoms with Crippen LogP contribution in [-0.2, 0) is 19.0 Å². The number of hydrogen-bond acceptors (Lipinski definition) is 5. The molecule has 0 spiro atoms. The Hall–Kier alpha value is -1.53. The molecule has 0 saturated heterocycles. The number of benzene rings is 1. The van der Waals surface area contributed by atoms with Crippen molar-refractivity contribution in [3.63, 3.8) is 0 Å². The Morgan fingerprint density at radius 2 is 1.88 bits per heavy atom. The maximum Gasteiger partial charge on any atom is 0.296 e. The van der Waals surface area contributed by atoms with E-state index in [0.29, 0.717) is 19.0 Å². The fourth-order valence-corrected chi connectivity index (χ4v) is 1.75. The van der Waals surface area contributed by atoms with Crippen LogP contribution in [0.15, 0.2) is 42.0 Å². The largest absolute Gasteiger partial charge is 0.498 e. The molecule has 1 rings (SSSR count). The van der Waals surface area contributed by atoms with Crippen LogP contribution in [-0.4, -0.2) is 28.7 Å². The molecule has 94 valence electrons. The van der Waals surface area contributed by atoms with Gasteiger partial charge in [-0.15, -0.1) is 0 Å². The molecule has 0 aromatic heterocycles. The zero-order valence-corrected chi connectivity index (χ0v) is 10.3. The highest BCUT2D eigenvalue weighted by Crippen LogP contribution is 2.17. The van der Waals surface area contributed by atoms with Gasteiger partial charge in [-0.1, -0.05) is 6.58 Å². The average Bonchev–Trinajstić information content (AvgIpc) is 2.35. The minimum atomic E-state index is -3.64. The van der Waals surface area contributed by atoms with E-state index in [1.54, 1.807) is 12.1 Å². The van der Waals surface area contributed by atoms with Crippen LogP contribution < -0.4 is 4.74 Å². The van der Waals surface area contributed by atoms with Gasteiger partial charge in [0.15, 0.2) is 0 Å².